The van der Waals surface area contributed by atoms with Gasteiger partial charge in [-0.15, -0.1) is 11.3 Å². The molecule has 1 heterocycles. The summed E-state index contributed by atoms with van der Waals surface area (Å²) in [5.74, 6) is -0.931. The van der Waals surface area contributed by atoms with Gasteiger partial charge in [-0.05, 0) is 31.9 Å². The Labute approximate surface area is 122 Å². The molecule has 6 heteroatoms. The third-order valence-corrected chi connectivity index (χ3v) is 4.69. The molecular formula is C14H20N2O3S. The molecule has 2 amide bonds. The maximum atomic E-state index is 11.9. The van der Waals surface area contributed by atoms with E-state index in [2.05, 4.69) is 10.6 Å². The minimum Gasteiger partial charge on any atom is -0.480 e. The Morgan fingerprint density at radius 3 is 2.55 bits per heavy atom. The van der Waals surface area contributed by atoms with Crippen LogP contribution in [0.15, 0.2) is 12.1 Å². The molecule has 0 bridgehead atoms. The first-order valence-electron chi connectivity index (χ1n) is 6.87. The van der Waals surface area contributed by atoms with E-state index in [1.165, 1.54) is 4.88 Å². The summed E-state index contributed by atoms with van der Waals surface area (Å²) in [5, 5.41) is 14.8. The van der Waals surface area contributed by atoms with Gasteiger partial charge in [0.15, 0.2) is 0 Å². The van der Waals surface area contributed by atoms with Crippen molar-refractivity contribution < 1.29 is 14.7 Å². The van der Waals surface area contributed by atoms with Crippen molar-refractivity contribution in [2.75, 3.05) is 0 Å². The predicted octanol–water partition coefficient (Wildman–Crippen LogP) is 2.64. The van der Waals surface area contributed by atoms with Crippen LogP contribution in [0.3, 0.4) is 0 Å². The number of aryl methyl sites for hydroxylation is 1. The van der Waals surface area contributed by atoms with E-state index in [4.69, 9.17) is 0 Å². The van der Waals surface area contributed by atoms with Crippen molar-refractivity contribution in [1.82, 2.24) is 10.6 Å². The molecule has 0 aliphatic heterocycles. The molecule has 0 radical (unpaired) electrons. The lowest BCUT2D eigenvalue weighted by Gasteiger charge is -2.33. The fourth-order valence-corrected chi connectivity index (χ4v) is 3.39. The molecule has 0 spiro atoms. The molecule has 1 saturated carbocycles. The zero-order chi connectivity index (χ0) is 14.6. The predicted molar refractivity (Wildman–Crippen MR) is 77.9 cm³/mol. The Bertz CT molecular complexity index is 492. The highest BCUT2D eigenvalue weighted by molar-refractivity contribution is 7.11. The SMILES string of the molecule is Cc1ccc(CNC(=O)NC2(C(=O)O)CCCCC2)s1. The minimum absolute atomic E-state index is 0.402. The first kappa shape index (κ1) is 14.8. The number of aliphatic carboxylic acids is 1. The smallest absolute Gasteiger partial charge is 0.329 e. The number of carboxylic acids is 1. The number of rotatable bonds is 4. The fraction of sp³-hybridized carbons (Fsp3) is 0.571. The van der Waals surface area contributed by atoms with Gasteiger partial charge in [0.2, 0.25) is 0 Å². The molecule has 2 rings (SSSR count). The van der Waals surface area contributed by atoms with E-state index < -0.39 is 17.5 Å². The summed E-state index contributed by atoms with van der Waals surface area (Å²) in [6.45, 7) is 2.44. The third kappa shape index (κ3) is 3.50. The molecule has 1 fully saturated rings. The third-order valence-electron chi connectivity index (χ3n) is 3.69. The molecule has 0 atom stereocenters. The summed E-state index contributed by atoms with van der Waals surface area (Å²) in [7, 11) is 0. The van der Waals surface area contributed by atoms with Crippen molar-refractivity contribution in [2.24, 2.45) is 0 Å². The van der Waals surface area contributed by atoms with E-state index in [1.54, 1.807) is 11.3 Å². The van der Waals surface area contributed by atoms with Crippen molar-refractivity contribution in [3.05, 3.63) is 21.9 Å². The number of thiophene rings is 1. The number of hydrogen-bond donors (Lipinski definition) is 3. The van der Waals surface area contributed by atoms with Crippen LogP contribution in [0.2, 0.25) is 0 Å². The molecule has 0 aromatic carbocycles. The number of nitrogens with one attached hydrogen (secondary N) is 2. The summed E-state index contributed by atoms with van der Waals surface area (Å²) in [6, 6.07) is 3.56. The molecule has 1 aliphatic carbocycles. The summed E-state index contributed by atoms with van der Waals surface area (Å²) in [4.78, 5) is 25.6. The zero-order valence-corrected chi connectivity index (χ0v) is 12.4. The Balaban J connectivity index is 1.90. The van der Waals surface area contributed by atoms with Gasteiger partial charge in [-0.1, -0.05) is 19.3 Å². The van der Waals surface area contributed by atoms with E-state index in [0.29, 0.717) is 19.4 Å². The zero-order valence-electron chi connectivity index (χ0n) is 11.6. The van der Waals surface area contributed by atoms with Gasteiger partial charge >= 0.3 is 12.0 Å². The van der Waals surface area contributed by atoms with Crippen LogP contribution in [-0.4, -0.2) is 22.6 Å². The van der Waals surface area contributed by atoms with E-state index in [-0.39, 0.29) is 0 Å². The maximum Gasteiger partial charge on any atom is 0.329 e. The number of urea groups is 1. The topological polar surface area (TPSA) is 78.4 Å². The average molecular weight is 296 g/mol. The number of hydrogen-bond acceptors (Lipinski definition) is 3. The van der Waals surface area contributed by atoms with Gasteiger partial charge in [0.05, 0.1) is 6.54 Å². The highest BCUT2D eigenvalue weighted by atomic mass is 32.1. The Morgan fingerprint density at radius 1 is 1.30 bits per heavy atom. The highest BCUT2D eigenvalue weighted by Crippen LogP contribution is 2.28. The van der Waals surface area contributed by atoms with Crippen molar-refractivity contribution in [1.29, 1.82) is 0 Å². The second-order valence-electron chi connectivity index (χ2n) is 5.27. The lowest BCUT2D eigenvalue weighted by molar-refractivity contribution is -0.145. The van der Waals surface area contributed by atoms with Crippen LogP contribution in [-0.2, 0) is 11.3 Å². The molecule has 5 nitrogen and oxygen atoms in total. The first-order chi connectivity index (χ1) is 9.52. The molecule has 3 N–H and O–H groups in total. The van der Waals surface area contributed by atoms with Crippen LogP contribution in [0.1, 0.15) is 41.9 Å². The minimum atomic E-state index is -1.09. The van der Waals surface area contributed by atoms with Crippen LogP contribution in [0, 0.1) is 6.92 Å². The lowest BCUT2D eigenvalue weighted by atomic mass is 9.82. The first-order valence-corrected chi connectivity index (χ1v) is 7.68. The van der Waals surface area contributed by atoms with Gasteiger partial charge in [-0.25, -0.2) is 9.59 Å². The van der Waals surface area contributed by atoms with Gasteiger partial charge in [-0.3, -0.25) is 0 Å². The quantitative estimate of drug-likeness (QED) is 0.799. The van der Waals surface area contributed by atoms with Gasteiger partial charge in [0.25, 0.3) is 0 Å². The second-order valence-corrected chi connectivity index (χ2v) is 6.64. The molecule has 20 heavy (non-hydrogen) atoms. The Hall–Kier alpha value is -1.56. The van der Waals surface area contributed by atoms with Crippen LogP contribution >= 0.6 is 11.3 Å². The molecule has 1 aromatic rings. The van der Waals surface area contributed by atoms with Gasteiger partial charge < -0.3 is 15.7 Å². The maximum absolute atomic E-state index is 11.9. The number of carbonyl (C=O) groups excluding carboxylic acids is 1. The van der Waals surface area contributed by atoms with E-state index in [0.717, 1.165) is 24.1 Å². The second kappa shape index (κ2) is 6.26. The van der Waals surface area contributed by atoms with Crippen molar-refractivity contribution in [3.63, 3.8) is 0 Å². The number of carboxylic acid groups (broad SMARTS) is 1. The largest absolute Gasteiger partial charge is 0.480 e. The Kier molecular flexibility index (Phi) is 4.65. The number of carbonyl (C=O) groups is 2. The average Bonchev–Trinajstić information content (AvgIpc) is 2.83. The molecule has 110 valence electrons. The molecular weight excluding hydrogens is 276 g/mol. The Morgan fingerprint density at radius 2 is 2.00 bits per heavy atom. The number of amides is 2. The highest BCUT2D eigenvalue weighted by Gasteiger charge is 2.40. The lowest BCUT2D eigenvalue weighted by Crippen LogP contribution is -2.57. The van der Waals surface area contributed by atoms with E-state index in [9.17, 15) is 14.7 Å². The van der Waals surface area contributed by atoms with E-state index >= 15 is 0 Å². The molecule has 0 unspecified atom stereocenters. The summed E-state index contributed by atoms with van der Waals surface area (Å²) >= 11 is 1.62. The van der Waals surface area contributed by atoms with Crippen LogP contribution in [0.25, 0.3) is 0 Å². The van der Waals surface area contributed by atoms with Gasteiger partial charge in [-0.2, -0.15) is 0 Å². The van der Waals surface area contributed by atoms with Crippen LogP contribution < -0.4 is 10.6 Å². The van der Waals surface area contributed by atoms with Crippen LogP contribution in [0.4, 0.5) is 4.79 Å². The fourth-order valence-electron chi connectivity index (χ4n) is 2.56. The van der Waals surface area contributed by atoms with Crippen molar-refractivity contribution >= 4 is 23.3 Å². The summed E-state index contributed by atoms with van der Waals surface area (Å²) in [6.07, 6.45) is 3.74. The van der Waals surface area contributed by atoms with Crippen molar-refractivity contribution in [3.8, 4) is 0 Å². The summed E-state index contributed by atoms with van der Waals surface area (Å²) in [5.41, 5.74) is -1.09. The molecule has 1 aliphatic rings. The summed E-state index contributed by atoms with van der Waals surface area (Å²) < 4.78 is 0. The standard InChI is InChI=1S/C14H20N2O3S/c1-10-5-6-11(20-10)9-15-13(19)16-14(12(17)18)7-3-2-4-8-14/h5-6H,2-4,7-9H2,1H3,(H,17,18)(H2,15,16,19). The van der Waals surface area contributed by atoms with Gasteiger partial charge in [0, 0.05) is 9.75 Å². The molecule has 1 aromatic heterocycles. The van der Waals surface area contributed by atoms with Crippen molar-refractivity contribution in [2.45, 2.75) is 51.1 Å². The normalized spacial score (nSPS) is 17.4. The van der Waals surface area contributed by atoms with Crippen LogP contribution in [0.5, 0.6) is 0 Å². The monoisotopic (exact) mass is 296 g/mol. The van der Waals surface area contributed by atoms with Gasteiger partial charge in [0.1, 0.15) is 5.54 Å². The van der Waals surface area contributed by atoms with E-state index in [1.807, 2.05) is 19.1 Å². The molecule has 0 saturated heterocycles.